The van der Waals surface area contributed by atoms with Crippen molar-refractivity contribution < 1.29 is 33.0 Å². The molecule has 3 aromatic carbocycles. The highest BCUT2D eigenvalue weighted by Gasteiger charge is 2.56. The van der Waals surface area contributed by atoms with Crippen molar-refractivity contribution in [1.82, 2.24) is 30.2 Å². The molecule has 3 heterocycles. The smallest absolute Gasteiger partial charge is 0.245 e. The Labute approximate surface area is 366 Å². The second-order valence-corrected chi connectivity index (χ2v) is 17.5. The fourth-order valence-electron chi connectivity index (χ4n) is 7.75. The third kappa shape index (κ3) is 10.4. The van der Waals surface area contributed by atoms with Gasteiger partial charge in [0, 0.05) is 62.3 Å². The molecule has 2 aromatic heterocycles. The highest BCUT2D eigenvalue weighted by molar-refractivity contribution is 6.17. The minimum Gasteiger partial charge on any atom is -0.495 e. The van der Waals surface area contributed by atoms with E-state index in [9.17, 15) is 23.6 Å². The Balaban J connectivity index is 0.917. The normalized spacial score (nSPS) is 15.3. The number of hydrogen-bond acceptors (Lipinski definition) is 10. The summed E-state index contributed by atoms with van der Waals surface area (Å²) in [4.78, 5) is 60.5. The largest absolute Gasteiger partial charge is 0.495 e. The van der Waals surface area contributed by atoms with Gasteiger partial charge in [-0.3, -0.25) is 24.2 Å². The van der Waals surface area contributed by atoms with E-state index in [1.54, 1.807) is 55.6 Å². The van der Waals surface area contributed by atoms with E-state index < -0.39 is 34.5 Å². The number of methoxy groups -OCH3 is 1. The third-order valence-corrected chi connectivity index (χ3v) is 11.9. The number of anilines is 3. The van der Waals surface area contributed by atoms with Crippen molar-refractivity contribution >= 4 is 51.6 Å². The number of ether oxygens (including phenoxy) is 2. The molecular formula is C47H56FN9O6. The number of aromatic nitrogens is 4. The summed E-state index contributed by atoms with van der Waals surface area (Å²) < 4.78 is 27.5. The summed E-state index contributed by atoms with van der Waals surface area (Å²) in [5.74, 6) is 0.346. The number of aryl methyl sites for hydroxylation is 1. The van der Waals surface area contributed by atoms with Crippen molar-refractivity contribution in [1.29, 1.82) is 0 Å². The van der Waals surface area contributed by atoms with Crippen LogP contribution in [0, 0.1) is 16.6 Å². The summed E-state index contributed by atoms with van der Waals surface area (Å²) in [6, 6.07) is 17.7. The molecule has 4 amide bonds. The first-order chi connectivity index (χ1) is 30.2. The Kier molecular flexibility index (Phi) is 13.3. The van der Waals surface area contributed by atoms with E-state index in [1.807, 2.05) is 50.7 Å². The van der Waals surface area contributed by atoms with Gasteiger partial charge in [0.1, 0.15) is 34.5 Å². The zero-order valence-corrected chi connectivity index (χ0v) is 36.7. The summed E-state index contributed by atoms with van der Waals surface area (Å²) in [6.07, 6.45) is 7.70. The lowest BCUT2D eigenvalue weighted by Crippen LogP contribution is -2.53. The number of hydrogen-bond donors (Lipinski definition) is 3. The summed E-state index contributed by atoms with van der Waals surface area (Å²) in [5, 5.41) is 18.2. The van der Waals surface area contributed by atoms with Gasteiger partial charge in [0.25, 0.3) is 0 Å². The predicted molar refractivity (Wildman–Crippen MR) is 238 cm³/mol. The molecule has 63 heavy (non-hydrogen) atoms. The maximum Gasteiger partial charge on any atom is 0.245 e. The molecule has 0 bridgehead atoms. The topological polar surface area (TPSA) is 173 Å². The molecule has 332 valence electrons. The number of carbonyl (C=O) groups excluding carboxylic acids is 4. The van der Waals surface area contributed by atoms with E-state index in [-0.39, 0.29) is 24.3 Å². The molecule has 2 fully saturated rings. The van der Waals surface area contributed by atoms with Crippen molar-refractivity contribution in [3.05, 3.63) is 90.6 Å². The number of rotatable bonds is 16. The van der Waals surface area contributed by atoms with Crippen LogP contribution in [0.5, 0.6) is 17.2 Å². The van der Waals surface area contributed by atoms with Crippen LogP contribution in [0.3, 0.4) is 0 Å². The highest BCUT2D eigenvalue weighted by Crippen LogP contribution is 2.48. The fraction of sp³-hybridized carbons (Fsp3) is 0.426. The van der Waals surface area contributed by atoms with Gasteiger partial charge >= 0.3 is 0 Å². The predicted octanol–water partition coefficient (Wildman–Crippen LogP) is 7.30. The maximum atomic E-state index is 13.3. The average molecular weight is 862 g/mol. The van der Waals surface area contributed by atoms with Crippen LogP contribution in [0.25, 0.3) is 10.9 Å². The molecule has 2 aliphatic rings. The molecule has 0 spiro atoms. The van der Waals surface area contributed by atoms with E-state index in [4.69, 9.17) is 9.47 Å². The molecule has 3 N–H and O–H groups in total. The summed E-state index contributed by atoms with van der Waals surface area (Å²) in [7, 11) is 3.39. The lowest BCUT2D eigenvalue weighted by molar-refractivity contribution is -0.138. The number of benzene rings is 3. The molecule has 1 aliphatic carbocycles. The molecule has 16 heteroatoms. The zero-order valence-electron chi connectivity index (χ0n) is 36.7. The van der Waals surface area contributed by atoms with Crippen LogP contribution in [0.15, 0.2) is 79.1 Å². The Morgan fingerprint density at radius 2 is 1.59 bits per heavy atom. The number of nitrogens with zero attached hydrogens (tertiary/aromatic N) is 6. The molecule has 5 aromatic rings. The van der Waals surface area contributed by atoms with Crippen LogP contribution in [0.2, 0.25) is 0 Å². The molecule has 1 aliphatic heterocycles. The minimum atomic E-state index is -1.17. The van der Waals surface area contributed by atoms with Gasteiger partial charge in [-0.2, -0.15) is 0 Å². The maximum absolute atomic E-state index is 13.3. The first kappa shape index (κ1) is 44.5. The molecule has 1 saturated heterocycles. The number of pyridine rings is 1. The summed E-state index contributed by atoms with van der Waals surface area (Å²) in [5.41, 5.74) is 1.86. The van der Waals surface area contributed by atoms with Crippen LogP contribution in [-0.2, 0) is 25.6 Å². The van der Waals surface area contributed by atoms with Crippen molar-refractivity contribution in [3.63, 3.8) is 0 Å². The fourth-order valence-corrected chi connectivity index (χ4v) is 7.75. The SMILES string of the molecule is CCN(C)C(=O)[C@@H](NC(=O)CCCc1cn(C2CCN(c3cc4nccc(Oc5ccc(NC(=O)C6(C(=O)Nc7ccc(F)cc7)CC6)cc5)c4cc3OC)CC2)nn1)C(C)(C)C. The van der Waals surface area contributed by atoms with Gasteiger partial charge in [-0.1, -0.05) is 26.0 Å². The van der Waals surface area contributed by atoms with Gasteiger partial charge < -0.3 is 35.2 Å². The van der Waals surface area contributed by atoms with Crippen molar-refractivity contribution in [3.8, 4) is 17.2 Å². The van der Waals surface area contributed by atoms with Gasteiger partial charge in [-0.15, -0.1) is 5.10 Å². The van der Waals surface area contributed by atoms with Gasteiger partial charge in [0.05, 0.1) is 30.0 Å². The number of nitrogens with one attached hydrogen (secondary N) is 3. The first-order valence-electron chi connectivity index (χ1n) is 21.5. The van der Waals surface area contributed by atoms with Crippen LogP contribution in [0.1, 0.15) is 78.0 Å². The third-order valence-electron chi connectivity index (χ3n) is 11.9. The Morgan fingerprint density at radius 3 is 2.19 bits per heavy atom. The van der Waals surface area contributed by atoms with Crippen LogP contribution in [0.4, 0.5) is 21.5 Å². The van der Waals surface area contributed by atoms with Crippen molar-refractivity contribution in [2.24, 2.45) is 10.8 Å². The first-order valence-corrected chi connectivity index (χ1v) is 21.5. The Hall–Kier alpha value is -6.58. The molecule has 7 rings (SSSR count). The summed E-state index contributed by atoms with van der Waals surface area (Å²) >= 11 is 0. The van der Waals surface area contributed by atoms with E-state index in [1.165, 1.54) is 24.3 Å². The lowest BCUT2D eigenvalue weighted by atomic mass is 9.85. The van der Waals surface area contributed by atoms with Gasteiger partial charge in [-0.25, -0.2) is 9.07 Å². The van der Waals surface area contributed by atoms with Crippen molar-refractivity contribution in [2.45, 2.75) is 84.7 Å². The second kappa shape index (κ2) is 18.8. The number of piperidine rings is 1. The molecule has 15 nitrogen and oxygen atoms in total. The monoisotopic (exact) mass is 861 g/mol. The lowest BCUT2D eigenvalue weighted by Gasteiger charge is -2.34. The van der Waals surface area contributed by atoms with E-state index in [0.29, 0.717) is 60.9 Å². The van der Waals surface area contributed by atoms with Crippen LogP contribution in [-0.4, -0.2) is 88.3 Å². The number of amides is 4. The zero-order chi connectivity index (χ0) is 44.9. The Morgan fingerprint density at radius 1 is 0.937 bits per heavy atom. The van der Waals surface area contributed by atoms with E-state index >= 15 is 0 Å². The molecule has 1 atom stereocenters. The minimum absolute atomic E-state index is 0.0901. The molecule has 0 unspecified atom stereocenters. The van der Waals surface area contributed by atoms with Gasteiger partial charge in [-0.05, 0) is 118 Å². The van der Waals surface area contributed by atoms with Gasteiger partial charge in [0.2, 0.25) is 23.6 Å². The standard InChI is InChI=1S/C47H56FN9O6/c1-7-55(5)43(59)42(46(2,3)4)52-41(58)10-8-9-33-29-57(54-53-33)34-20-25-56(26-21-34)38-28-37-36(27-40(38)62-6)39(19-24-49-37)63-35-17-15-32(16-18-35)51-45(61)47(22-23-47)44(60)50-31-13-11-30(48)12-14-31/h11-19,24,27-29,34,42H,7-10,20-23,25-26H2,1-6H3,(H,50,60)(H,51,61)(H,52,58)/t42-/m1/s1. The van der Waals surface area contributed by atoms with Crippen LogP contribution >= 0.6 is 0 Å². The quantitative estimate of drug-likeness (QED) is 0.0856. The number of likely N-dealkylation sites (N-methyl/N-ethyl adjacent to an activating group) is 1. The summed E-state index contributed by atoms with van der Waals surface area (Å²) in [6.45, 7) is 9.88. The Bertz CT molecular complexity index is 2440. The second-order valence-electron chi connectivity index (χ2n) is 17.5. The number of fused-ring (bicyclic) bond motifs is 1. The molecular weight excluding hydrogens is 806 g/mol. The van der Waals surface area contributed by atoms with Crippen LogP contribution < -0.4 is 30.3 Å². The molecule has 0 radical (unpaired) electrons. The molecule has 1 saturated carbocycles. The number of halogens is 1. The average Bonchev–Trinajstić information content (AvgIpc) is 3.97. The van der Waals surface area contributed by atoms with Gasteiger partial charge in [0.15, 0.2) is 0 Å². The highest BCUT2D eigenvalue weighted by atomic mass is 19.1. The number of carbonyl (C=O) groups is 4. The van der Waals surface area contributed by atoms with Crippen molar-refractivity contribution in [2.75, 3.05) is 49.3 Å². The van der Waals surface area contributed by atoms with E-state index in [0.717, 1.165) is 48.2 Å². The van der Waals surface area contributed by atoms with E-state index in [2.05, 4.69) is 36.1 Å².